The Morgan fingerprint density at radius 2 is 1.19 bits per heavy atom. The zero-order valence-electron chi connectivity index (χ0n) is 11.6. The van der Waals surface area contributed by atoms with E-state index in [1.165, 1.54) is 0 Å². The van der Waals surface area contributed by atoms with Crippen molar-refractivity contribution in [2.75, 3.05) is 0 Å². The quantitative estimate of drug-likeness (QED) is 0.777. The highest BCUT2D eigenvalue weighted by atomic mass is 16.5. The van der Waals surface area contributed by atoms with Crippen LogP contribution < -0.4 is 9.47 Å². The SMILES string of the molecule is CCC(c1ccc(OC#N)cc1)c1ccc(OC#N)cc1. The van der Waals surface area contributed by atoms with Crippen molar-refractivity contribution in [1.82, 2.24) is 0 Å². The first kappa shape index (κ1) is 14.4. The molecule has 0 radical (unpaired) electrons. The van der Waals surface area contributed by atoms with Crippen LogP contribution in [0.2, 0.25) is 0 Å². The van der Waals surface area contributed by atoms with Crippen molar-refractivity contribution in [3.8, 4) is 24.0 Å². The fourth-order valence-corrected chi connectivity index (χ4v) is 2.31. The van der Waals surface area contributed by atoms with E-state index in [1.54, 1.807) is 36.8 Å². The van der Waals surface area contributed by atoms with Crippen molar-refractivity contribution in [1.29, 1.82) is 10.5 Å². The lowest BCUT2D eigenvalue weighted by Gasteiger charge is -2.16. The van der Waals surface area contributed by atoms with Gasteiger partial charge in [0.1, 0.15) is 11.5 Å². The van der Waals surface area contributed by atoms with Gasteiger partial charge in [-0.25, -0.2) is 0 Å². The summed E-state index contributed by atoms with van der Waals surface area (Å²) in [6, 6.07) is 15.0. The van der Waals surface area contributed by atoms with Crippen molar-refractivity contribution < 1.29 is 9.47 Å². The van der Waals surface area contributed by atoms with Crippen LogP contribution in [0.25, 0.3) is 0 Å². The van der Waals surface area contributed by atoms with Crippen LogP contribution in [0.4, 0.5) is 0 Å². The van der Waals surface area contributed by atoms with Crippen molar-refractivity contribution in [3.05, 3.63) is 59.7 Å². The Balaban J connectivity index is 2.22. The van der Waals surface area contributed by atoms with Crippen LogP contribution in [0.15, 0.2) is 48.5 Å². The Labute approximate surface area is 123 Å². The summed E-state index contributed by atoms with van der Waals surface area (Å²) in [4.78, 5) is 0. The van der Waals surface area contributed by atoms with Crippen LogP contribution in [0, 0.1) is 23.0 Å². The van der Waals surface area contributed by atoms with E-state index in [0.717, 1.165) is 17.5 Å². The van der Waals surface area contributed by atoms with Gasteiger partial charge in [0, 0.05) is 5.92 Å². The molecule has 0 aromatic heterocycles. The third-order valence-electron chi connectivity index (χ3n) is 3.30. The van der Waals surface area contributed by atoms with Gasteiger partial charge in [-0.2, -0.15) is 0 Å². The molecule has 0 amide bonds. The van der Waals surface area contributed by atoms with Crippen molar-refractivity contribution >= 4 is 0 Å². The zero-order valence-corrected chi connectivity index (χ0v) is 11.6. The average molecular weight is 278 g/mol. The smallest absolute Gasteiger partial charge is 0.292 e. The van der Waals surface area contributed by atoms with Crippen LogP contribution in [0.1, 0.15) is 30.4 Å². The molecular weight excluding hydrogens is 264 g/mol. The van der Waals surface area contributed by atoms with E-state index < -0.39 is 0 Å². The Hall–Kier alpha value is -2.98. The lowest BCUT2D eigenvalue weighted by Crippen LogP contribution is -1.99. The number of benzene rings is 2. The Kier molecular flexibility index (Phi) is 4.79. The topological polar surface area (TPSA) is 66.0 Å². The first-order valence-electron chi connectivity index (χ1n) is 6.60. The van der Waals surface area contributed by atoms with Gasteiger partial charge in [-0.05, 0) is 41.8 Å². The van der Waals surface area contributed by atoms with Gasteiger partial charge in [-0.3, -0.25) is 0 Å². The largest absolute Gasteiger partial charge is 0.388 e. The molecule has 0 aliphatic heterocycles. The minimum atomic E-state index is 0.247. The summed E-state index contributed by atoms with van der Waals surface area (Å²) in [6.45, 7) is 2.12. The highest BCUT2D eigenvalue weighted by molar-refractivity contribution is 5.38. The second-order valence-electron chi connectivity index (χ2n) is 4.49. The van der Waals surface area contributed by atoms with E-state index in [2.05, 4.69) is 6.92 Å². The fourth-order valence-electron chi connectivity index (χ4n) is 2.31. The normalized spacial score (nSPS) is 9.71. The van der Waals surface area contributed by atoms with Crippen LogP contribution in [0.5, 0.6) is 11.5 Å². The van der Waals surface area contributed by atoms with Gasteiger partial charge < -0.3 is 9.47 Å². The Morgan fingerprint density at radius 3 is 1.48 bits per heavy atom. The number of hydrogen-bond donors (Lipinski definition) is 0. The predicted molar refractivity (Wildman–Crippen MR) is 77.5 cm³/mol. The number of nitriles is 2. The third-order valence-corrected chi connectivity index (χ3v) is 3.30. The monoisotopic (exact) mass is 278 g/mol. The van der Waals surface area contributed by atoms with E-state index in [-0.39, 0.29) is 5.92 Å². The maximum atomic E-state index is 8.49. The van der Waals surface area contributed by atoms with Gasteiger partial charge in [0.15, 0.2) is 0 Å². The van der Waals surface area contributed by atoms with Crippen LogP contribution in [0.3, 0.4) is 0 Å². The fraction of sp³-hybridized carbons (Fsp3) is 0.176. The summed E-state index contributed by atoms with van der Waals surface area (Å²) in [5, 5.41) is 17.0. The molecular formula is C17H14N2O2. The number of rotatable bonds is 5. The van der Waals surface area contributed by atoms with Gasteiger partial charge in [0.05, 0.1) is 0 Å². The van der Waals surface area contributed by atoms with Gasteiger partial charge in [-0.15, -0.1) is 10.5 Å². The molecule has 2 aromatic carbocycles. The highest BCUT2D eigenvalue weighted by Crippen LogP contribution is 2.30. The van der Waals surface area contributed by atoms with Gasteiger partial charge in [0.25, 0.3) is 12.5 Å². The molecule has 0 N–H and O–H groups in total. The molecule has 21 heavy (non-hydrogen) atoms. The minimum Gasteiger partial charge on any atom is -0.388 e. The van der Waals surface area contributed by atoms with Crippen molar-refractivity contribution in [2.24, 2.45) is 0 Å². The van der Waals surface area contributed by atoms with Gasteiger partial charge in [-0.1, -0.05) is 31.2 Å². The first-order valence-corrected chi connectivity index (χ1v) is 6.60. The molecule has 0 bridgehead atoms. The Bertz CT molecular complexity index is 604. The molecule has 0 unspecified atom stereocenters. The average Bonchev–Trinajstić information content (AvgIpc) is 2.52. The number of hydrogen-bond acceptors (Lipinski definition) is 4. The molecule has 0 heterocycles. The van der Waals surface area contributed by atoms with E-state index >= 15 is 0 Å². The minimum absolute atomic E-state index is 0.247. The lowest BCUT2D eigenvalue weighted by molar-refractivity contribution is 0.506. The summed E-state index contributed by atoms with van der Waals surface area (Å²) in [5.74, 6) is 1.32. The number of ether oxygens (including phenoxy) is 2. The molecule has 0 fully saturated rings. The number of nitrogens with zero attached hydrogens (tertiary/aromatic N) is 2. The second-order valence-corrected chi connectivity index (χ2v) is 4.49. The summed E-state index contributed by atoms with van der Waals surface area (Å²) in [7, 11) is 0. The molecule has 0 aliphatic rings. The third kappa shape index (κ3) is 3.52. The van der Waals surface area contributed by atoms with Crippen molar-refractivity contribution in [2.45, 2.75) is 19.3 Å². The molecule has 0 saturated carbocycles. The van der Waals surface area contributed by atoms with Crippen LogP contribution >= 0.6 is 0 Å². The predicted octanol–water partition coefficient (Wildman–Crippen LogP) is 3.95. The van der Waals surface area contributed by atoms with E-state index in [0.29, 0.717) is 11.5 Å². The van der Waals surface area contributed by atoms with E-state index in [4.69, 9.17) is 20.0 Å². The highest BCUT2D eigenvalue weighted by Gasteiger charge is 2.12. The first-order chi connectivity index (χ1) is 10.3. The van der Waals surface area contributed by atoms with Gasteiger partial charge in [0.2, 0.25) is 0 Å². The van der Waals surface area contributed by atoms with Crippen LogP contribution in [-0.2, 0) is 0 Å². The molecule has 4 nitrogen and oxygen atoms in total. The lowest BCUT2D eigenvalue weighted by atomic mass is 9.89. The zero-order chi connectivity index (χ0) is 15.1. The Morgan fingerprint density at radius 1 is 0.810 bits per heavy atom. The maximum Gasteiger partial charge on any atom is 0.292 e. The van der Waals surface area contributed by atoms with E-state index in [1.807, 2.05) is 24.3 Å². The molecule has 0 saturated heterocycles. The van der Waals surface area contributed by atoms with Crippen LogP contribution in [-0.4, -0.2) is 0 Å². The summed E-state index contributed by atoms with van der Waals surface area (Å²) >= 11 is 0. The molecule has 104 valence electrons. The molecule has 0 spiro atoms. The standard InChI is InChI=1S/C17H14N2O2/c1-2-17(13-3-7-15(8-4-13)20-11-18)14-5-9-16(10-6-14)21-12-19/h3-10,17H,2H2,1H3. The molecule has 0 aliphatic carbocycles. The maximum absolute atomic E-state index is 8.49. The molecule has 0 atom stereocenters. The summed E-state index contributed by atoms with van der Waals surface area (Å²) in [6.07, 6.45) is 4.25. The summed E-state index contributed by atoms with van der Waals surface area (Å²) < 4.78 is 9.56. The molecule has 2 aromatic rings. The molecule has 2 rings (SSSR count). The second kappa shape index (κ2) is 6.98. The molecule has 4 heteroatoms. The van der Waals surface area contributed by atoms with Crippen molar-refractivity contribution in [3.63, 3.8) is 0 Å². The summed E-state index contributed by atoms with van der Waals surface area (Å²) in [5.41, 5.74) is 2.30. The van der Waals surface area contributed by atoms with E-state index in [9.17, 15) is 0 Å². The van der Waals surface area contributed by atoms with Gasteiger partial charge >= 0.3 is 0 Å².